The summed E-state index contributed by atoms with van der Waals surface area (Å²) in [4.78, 5) is 10.8. The van der Waals surface area contributed by atoms with Gasteiger partial charge in [0.15, 0.2) is 0 Å². The first-order valence-electron chi connectivity index (χ1n) is 4.40. The van der Waals surface area contributed by atoms with Gasteiger partial charge in [-0.1, -0.05) is 0 Å². The standard InChI is InChI=1S/C8H15F3N2O/c1-6(12)3-2-4-7(14)13-5-8(9,10)11/h6H,2-5,12H2,1H3,(H,13,14). The fraction of sp³-hybridized carbons (Fsp3) is 0.875. The third kappa shape index (κ3) is 9.31. The molecule has 1 atom stereocenters. The van der Waals surface area contributed by atoms with Crippen LogP contribution in [0.2, 0.25) is 0 Å². The number of halogens is 3. The van der Waals surface area contributed by atoms with E-state index in [2.05, 4.69) is 0 Å². The van der Waals surface area contributed by atoms with Crippen molar-refractivity contribution in [2.24, 2.45) is 5.73 Å². The number of amides is 1. The first-order valence-corrected chi connectivity index (χ1v) is 4.40. The van der Waals surface area contributed by atoms with Gasteiger partial charge in [0.05, 0.1) is 0 Å². The summed E-state index contributed by atoms with van der Waals surface area (Å²) in [6.45, 7) is 0.525. The monoisotopic (exact) mass is 212 g/mol. The summed E-state index contributed by atoms with van der Waals surface area (Å²) in [5.74, 6) is -0.581. The summed E-state index contributed by atoms with van der Waals surface area (Å²) >= 11 is 0. The minimum absolute atomic E-state index is 0.0228. The molecule has 0 aliphatic rings. The number of hydrogen-bond acceptors (Lipinski definition) is 2. The van der Waals surface area contributed by atoms with E-state index in [-0.39, 0.29) is 12.5 Å². The zero-order valence-electron chi connectivity index (χ0n) is 8.03. The molecule has 0 heterocycles. The van der Waals surface area contributed by atoms with Crippen LogP contribution in [-0.2, 0) is 4.79 Å². The van der Waals surface area contributed by atoms with Gasteiger partial charge in [-0.15, -0.1) is 0 Å². The average Bonchev–Trinajstić information content (AvgIpc) is 1.99. The van der Waals surface area contributed by atoms with E-state index in [9.17, 15) is 18.0 Å². The van der Waals surface area contributed by atoms with Gasteiger partial charge in [-0.05, 0) is 19.8 Å². The van der Waals surface area contributed by atoms with Crippen molar-refractivity contribution in [1.29, 1.82) is 0 Å². The van der Waals surface area contributed by atoms with Crippen molar-refractivity contribution >= 4 is 5.91 Å². The van der Waals surface area contributed by atoms with Crippen LogP contribution in [0.25, 0.3) is 0 Å². The first-order chi connectivity index (χ1) is 6.31. The maximum Gasteiger partial charge on any atom is 0.405 e. The van der Waals surface area contributed by atoms with Crippen LogP contribution in [0.15, 0.2) is 0 Å². The molecule has 0 aliphatic carbocycles. The zero-order chi connectivity index (χ0) is 11.2. The molecular formula is C8H15F3N2O. The molecule has 0 bridgehead atoms. The van der Waals surface area contributed by atoms with Crippen LogP contribution in [0.4, 0.5) is 13.2 Å². The summed E-state index contributed by atoms with van der Waals surface area (Å²) < 4.78 is 34.9. The Bertz CT molecular complexity index is 180. The second kappa shape index (κ2) is 5.85. The molecule has 6 heteroatoms. The molecule has 0 aromatic carbocycles. The number of alkyl halides is 3. The fourth-order valence-electron chi connectivity index (χ4n) is 0.872. The minimum Gasteiger partial charge on any atom is -0.347 e. The van der Waals surface area contributed by atoms with Crippen molar-refractivity contribution in [2.45, 2.75) is 38.4 Å². The molecule has 14 heavy (non-hydrogen) atoms. The second-order valence-electron chi connectivity index (χ2n) is 3.26. The van der Waals surface area contributed by atoms with Gasteiger partial charge >= 0.3 is 6.18 Å². The molecule has 1 amide bonds. The molecule has 0 aromatic heterocycles. The smallest absolute Gasteiger partial charge is 0.347 e. The van der Waals surface area contributed by atoms with Gasteiger partial charge in [0, 0.05) is 12.5 Å². The van der Waals surface area contributed by atoms with Gasteiger partial charge in [0.2, 0.25) is 5.91 Å². The number of hydrogen-bond donors (Lipinski definition) is 2. The molecule has 0 saturated carbocycles. The topological polar surface area (TPSA) is 55.1 Å². The van der Waals surface area contributed by atoms with Crippen LogP contribution in [0.3, 0.4) is 0 Å². The van der Waals surface area contributed by atoms with E-state index in [4.69, 9.17) is 5.73 Å². The summed E-state index contributed by atoms with van der Waals surface area (Å²) in [5, 5.41) is 1.79. The summed E-state index contributed by atoms with van der Waals surface area (Å²) in [6.07, 6.45) is -3.09. The van der Waals surface area contributed by atoms with Gasteiger partial charge < -0.3 is 11.1 Å². The van der Waals surface area contributed by atoms with E-state index in [0.29, 0.717) is 12.8 Å². The third-order valence-electron chi connectivity index (χ3n) is 1.55. The summed E-state index contributed by atoms with van der Waals surface area (Å²) in [6, 6.07) is -0.0228. The second-order valence-corrected chi connectivity index (χ2v) is 3.26. The highest BCUT2D eigenvalue weighted by Crippen LogP contribution is 2.12. The van der Waals surface area contributed by atoms with Crippen LogP contribution < -0.4 is 11.1 Å². The van der Waals surface area contributed by atoms with Crippen LogP contribution in [0, 0.1) is 0 Å². The van der Waals surface area contributed by atoms with Crippen LogP contribution in [0.1, 0.15) is 26.2 Å². The third-order valence-corrected chi connectivity index (χ3v) is 1.55. The van der Waals surface area contributed by atoms with Crippen molar-refractivity contribution in [3.63, 3.8) is 0 Å². The number of carbonyl (C=O) groups excluding carboxylic acids is 1. The highest BCUT2D eigenvalue weighted by Gasteiger charge is 2.27. The van der Waals surface area contributed by atoms with Crippen molar-refractivity contribution in [3.8, 4) is 0 Å². The quantitative estimate of drug-likeness (QED) is 0.719. The molecule has 0 spiro atoms. The van der Waals surface area contributed by atoms with E-state index >= 15 is 0 Å². The Labute approximate surface area is 80.8 Å². The van der Waals surface area contributed by atoms with Crippen molar-refractivity contribution < 1.29 is 18.0 Å². The van der Waals surface area contributed by atoms with Gasteiger partial charge in [-0.2, -0.15) is 13.2 Å². The predicted molar refractivity (Wildman–Crippen MR) is 46.6 cm³/mol. The van der Waals surface area contributed by atoms with Crippen LogP contribution in [-0.4, -0.2) is 24.7 Å². The van der Waals surface area contributed by atoms with Gasteiger partial charge in [-0.25, -0.2) is 0 Å². The number of nitrogens with one attached hydrogen (secondary N) is 1. The highest BCUT2D eigenvalue weighted by atomic mass is 19.4. The minimum atomic E-state index is -4.34. The van der Waals surface area contributed by atoms with E-state index in [1.54, 1.807) is 12.2 Å². The molecule has 84 valence electrons. The van der Waals surface area contributed by atoms with E-state index in [1.807, 2.05) is 0 Å². The fourth-order valence-corrected chi connectivity index (χ4v) is 0.872. The molecule has 0 aromatic rings. The lowest BCUT2D eigenvalue weighted by atomic mass is 10.1. The summed E-state index contributed by atoms with van der Waals surface area (Å²) in [7, 11) is 0. The Morgan fingerprint density at radius 2 is 2.07 bits per heavy atom. The van der Waals surface area contributed by atoms with E-state index in [0.717, 1.165) is 0 Å². The Morgan fingerprint density at radius 3 is 2.50 bits per heavy atom. The van der Waals surface area contributed by atoms with Crippen molar-refractivity contribution in [2.75, 3.05) is 6.54 Å². The lowest BCUT2D eigenvalue weighted by Crippen LogP contribution is -2.33. The molecule has 1 unspecified atom stereocenters. The normalized spacial score (nSPS) is 13.8. The lowest BCUT2D eigenvalue weighted by Gasteiger charge is -2.08. The van der Waals surface area contributed by atoms with Gasteiger partial charge in [-0.3, -0.25) is 4.79 Å². The van der Waals surface area contributed by atoms with Crippen molar-refractivity contribution in [1.82, 2.24) is 5.32 Å². The largest absolute Gasteiger partial charge is 0.405 e. The van der Waals surface area contributed by atoms with E-state index in [1.165, 1.54) is 0 Å². The summed E-state index contributed by atoms with van der Waals surface area (Å²) in [5.41, 5.74) is 5.41. The molecule has 0 radical (unpaired) electrons. The number of carbonyl (C=O) groups is 1. The SMILES string of the molecule is CC(N)CCCC(=O)NCC(F)(F)F. The maximum atomic E-state index is 11.6. The molecule has 0 aliphatic heterocycles. The molecule has 0 rings (SSSR count). The molecule has 3 N–H and O–H groups in total. The molecule has 0 saturated heterocycles. The highest BCUT2D eigenvalue weighted by molar-refractivity contribution is 5.75. The first kappa shape index (κ1) is 13.2. The van der Waals surface area contributed by atoms with Crippen LogP contribution >= 0.6 is 0 Å². The average molecular weight is 212 g/mol. The molecule has 0 fully saturated rings. The molecular weight excluding hydrogens is 197 g/mol. The molecule has 3 nitrogen and oxygen atoms in total. The van der Waals surface area contributed by atoms with Crippen LogP contribution in [0.5, 0.6) is 0 Å². The lowest BCUT2D eigenvalue weighted by molar-refractivity contribution is -0.138. The van der Waals surface area contributed by atoms with Gasteiger partial charge in [0.1, 0.15) is 6.54 Å². The van der Waals surface area contributed by atoms with Gasteiger partial charge in [0.25, 0.3) is 0 Å². The zero-order valence-corrected chi connectivity index (χ0v) is 8.03. The Kier molecular flexibility index (Phi) is 5.52. The predicted octanol–water partition coefficient (Wildman–Crippen LogP) is 1.18. The Hall–Kier alpha value is -0.780. The number of rotatable bonds is 5. The van der Waals surface area contributed by atoms with Crippen molar-refractivity contribution in [3.05, 3.63) is 0 Å². The Morgan fingerprint density at radius 1 is 1.50 bits per heavy atom. The number of nitrogens with two attached hydrogens (primary N) is 1. The maximum absolute atomic E-state index is 11.6. The Balaban J connectivity index is 3.47. The van der Waals surface area contributed by atoms with E-state index < -0.39 is 18.6 Å².